The van der Waals surface area contributed by atoms with Gasteiger partial charge in [0, 0.05) is 24.9 Å². The molecule has 0 saturated carbocycles. The van der Waals surface area contributed by atoms with Gasteiger partial charge < -0.3 is 48.3 Å². The van der Waals surface area contributed by atoms with Gasteiger partial charge in [-0.3, -0.25) is 19.4 Å². The van der Waals surface area contributed by atoms with Crippen LogP contribution in [-0.2, 0) is 32.0 Å². The van der Waals surface area contributed by atoms with Crippen LogP contribution >= 0.6 is 0 Å². The van der Waals surface area contributed by atoms with Crippen LogP contribution in [0.3, 0.4) is 0 Å². The van der Waals surface area contributed by atoms with E-state index in [9.17, 15) is 29.4 Å². The van der Waals surface area contributed by atoms with Gasteiger partial charge in [0.05, 0.1) is 18.9 Å². The van der Waals surface area contributed by atoms with Crippen LogP contribution in [0.25, 0.3) is 0 Å². The number of nitrogens with zero attached hydrogens (tertiary/aromatic N) is 2. The largest absolute Gasteiger partial charge is 0.508 e. The molecule has 0 aliphatic heterocycles. The van der Waals surface area contributed by atoms with Crippen LogP contribution < -0.4 is 33.2 Å². The summed E-state index contributed by atoms with van der Waals surface area (Å²) >= 11 is 0. The van der Waals surface area contributed by atoms with E-state index in [1.54, 1.807) is 12.1 Å². The summed E-state index contributed by atoms with van der Waals surface area (Å²) in [6.07, 6.45) is 3.47. The molecule has 3 atom stereocenters. The lowest BCUT2D eigenvalue weighted by Gasteiger charge is -2.21. The van der Waals surface area contributed by atoms with Gasteiger partial charge >= 0.3 is 5.97 Å². The number of aliphatic carboxylic acids is 1. The zero-order valence-corrected chi connectivity index (χ0v) is 20.6. The maximum atomic E-state index is 12.9. The van der Waals surface area contributed by atoms with Gasteiger partial charge in [-0.25, -0.2) is 9.78 Å². The lowest BCUT2D eigenvalue weighted by Crippen LogP contribution is -2.54. The van der Waals surface area contributed by atoms with E-state index in [0.717, 1.165) is 0 Å². The van der Waals surface area contributed by atoms with E-state index in [-0.39, 0.29) is 37.5 Å². The number of nitrogens with one attached hydrogen (secondary N) is 4. The van der Waals surface area contributed by atoms with Crippen LogP contribution in [0.5, 0.6) is 5.75 Å². The number of aromatic amines is 1. The highest BCUT2D eigenvalue weighted by molar-refractivity contribution is 5.92. The number of aromatic hydroxyl groups is 1. The van der Waals surface area contributed by atoms with Crippen LogP contribution in [0.1, 0.15) is 24.1 Å². The molecule has 12 N–H and O–H groups in total. The Labute approximate surface area is 218 Å². The Morgan fingerprint density at radius 2 is 1.74 bits per heavy atom. The smallest absolute Gasteiger partial charge is 0.326 e. The lowest BCUT2D eigenvalue weighted by atomic mass is 10.0. The number of nitrogens with two attached hydrogens (primary N) is 3. The lowest BCUT2D eigenvalue weighted by molar-refractivity contribution is -0.142. The number of amides is 3. The van der Waals surface area contributed by atoms with E-state index in [1.807, 2.05) is 0 Å². The summed E-state index contributed by atoms with van der Waals surface area (Å²) in [5.41, 5.74) is 17.7. The molecule has 1 aromatic heterocycles. The number of aliphatic imine (C=N–C) groups is 1. The second kappa shape index (κ2) is 14.8. The number of imidazole rings is 1. The predicted molar refractivity (Wildman–Crippen MR) is 136 cm³/mol. The van der Waals surface area contributed by atoms with Crippen molar-refractivity contribution in [1.29, 1.82) is 0 Å². The number of guanidine groups is 1. The van der Waals surface area contributed by atoms with Crippen LogP contribution in [0.4, 0.5) is 0 Å². The Morgan fingerprint density at radius 1 is 1.03 bits per heavy atom. The van der Waals surface area contributed by atoms with Crippen LogP contribution in [-0.4, -0.2) is 81.0 Å². The number of hydrogen-bond acceptors (Lipinski definition) is 8. The first-order valence-electron chi connectivity index (χ1n) is 11.7. The maximum absolute atomic E-state index is 12.9. The number of hydrogen-bond donors (Lipinski definition) is 9. The highest BCUT2D eigenvalue weighted by Crippen LogP contribution is 2.11. The molecule has 206 valence electrons. The molecule has 0 bridgehead atoms. The third-order valence-corrected chi connectivity index (χ3v) is 5.34. The number of carboxylic acid groups (broad SMARTS) is 1. The summed E-state index contributed by atoms with van der Waals surface area (Å²) in [6, 6.07) is 2.90. The molecule has 0 aliphatic carbocycles. The maximum Gasteiger partial charge on any atom is 0.326 e. The number of phenolic OH excluding ortho intramolecular Hbond substituents is 1. The van der Waals surface area contributed by atoms with E-state index in [4.69, 9.17) is 17.2 Å². The average molecular weight is 532 g/mol. The highest BCUT2D eigenvalue weighted by Gasteiger charge is 2.26. The molecule has 3 unspecified atom stereocenters. The van der Waals surface area contributed by atoms with E-state index in [1.165, 1.54) is 24.7 Å². The quantitative estimate of drug-likeness (QED) is 0.0659. The number of aromatic nitrogens is 2. The minimum Gasteiger partial charge on any atom is -0.508 e. The molecule has 0 fully saturated rings. The molecule has 15 nitrogen and oxygen atoms in total. The van der Waals surface area contributed by atoms with E-state index in [2.05, 4.69) is 30.9 Å². The van der Waals surface area contributed by atoms with Crippen LogP contribution in [0.15, 0.2) is 41.8 Å². The van der Waals surface area contributed by atoms with Crippen molar-refractivity contribution < 1.29 is 29.4 Å². The molecule has 2 aromatic rings. The van der Waals surface area contributed by atoms with Gasteiger partial charge in [-0.05, 0) is 37.0 Å². The summed E-state index contributed by atoms with van der Waals surface area (Å²) in [5, 5.41) is 26.1. The van der Waals surface area contributed by atoms with Crippen LogP contribution in [0.2, 0.25) is 0 Å². The van der Waals surface area contributed by atoms with Gasteiger partial charge in [0.15, 0.2) is 5.96 Å². The van der Waals surface area contributed by atoms with E-state index < -0.39 is 48.4 Å². The fraction of sp³-hybridized carbons (Fsp3) is 0.391. The van der Waals surface area contributed by atoms with Gasteiger partial charge in [0.2, 0.25) is 17.7 Å². The van der Waals surface area contributed by atoms with Crippen LogP contribution in [0, 0.1) is 0 Å². The first-order chi connectivity index (χ1) is 18.0. The first-order valence-corrected chi connectivity index (χ1v) is 11.7. The summed E-state index contributed by atoms with van der Waals surface area (Å²) in [6.45, 7) is -0.325. The van der Waals surface area contributed by atoms with Crippen molar-refractivity contribution in [2.45, 2.75) is 43.8 Å². The van der Waals surface area contributed by atoms with Crippen molar-refractivity contribution >= 4 is 29.7 Å². The zero-order valence-electron chi connectivity index (χ0n) is 20.6. The Hall–Kier alpha value is -4.66. The van der Waals surface area contributed by atoms with Gasteiger partial charge in [-0.2, -0.15) is 0 Å². The number of rotatable bonds is 15. The molecule has 0 radical (unpaired) electrons. The van der Waals surface area contributed by atoms with Gasteiger partial charge in [0.1, 0.15) is 17.8 Å². The number of carbonyl (C=O) groups excluding carboxylic acids is 3. The van der Waals surface area contributed by atoms with Crippen molar-refractivity contribution in [3.63, 3.8) is 0 Å². The third kappa shape index (κ3) is 10.5. The molecule has 3 amide bonds. The number of carboxylic acids is 1. The topological polar surface area (TPSA) is 264 Å². The third-order valence-electron chi connectivity index (χ3n) is 5.34. The molecule has 0 aliphatic rings. The summed E-state index contributed by atoms with van der Waals surface area (Å²) in [5.74, 6) is -3.31. The SMILES string of the molecule is NC(N)=NCCCC(NC(=O)CNC(=O)C(Cc1cnc[nH]1)NC(=O)C(N)Cc1ccc(O)cc1)C(=O)O. The second-order valence-electron chi connectivity index (χ2n) is 8.44. The molecule has 15 heteroatoms. The fourth-order valence-electron chi connectivity index (χ4n) is 3.38. The molecular weight excluding hydrogens is 498 g/mol. The van der Waals surface area contributed by atoms with Crippen molar-refractivity contribution in [1.82, 2.24) is 25.9 Å². The number of phenols is 1. The van der Waals surface area contributed by atoms with Gasteiger partial charge in [-0.1, -0.05) is 12.1 Å². The Balaban J connectivity index is 1.94. The molecule has 38 heavy (non-hydrogen) atoms. The van der Waals surface area contributed by atoms with Crippen molar-refractivity contribution in [3.8, 4) is 5.75 Å². The monoisotopic (exact) mass is 531 g/mol. The number of H-pyrrole nitrogens is 1. The van der Waals surface area contributed by atoms with Crippen molar-refractivity contribution in [2.75, 3.05) is 13.1 Å². The average Bonchev–Trinajstić information content (AvgIpc) is 3.38. The summed E-state index contributed by atoms with van der Waals surface area (Å²) in [4.78, 5) is 59.8. The Morgan fingerprint density at radius 3 is 2.34 bits per heavy atom. The zero-order chi connectivity index (χ0) is 28.1. The Bertz CT molecular complexity index is 1100. The molecule has 2 rings (SSSR count). The molecular formula is C23H33N9O6. The van der Waals surface area contributed by atoms with E-state index in [0.29, 0.717) is 17.7 Å². The first kappa shape index (κ1) is 29.6. The minimum absolute atomic E-state index is 0.0354. The molecule has 0 saturated heterocycles. The minimum atomic E-state index is -1.25. The Kier molecular flexibility index (Phi) is 11.5. The van der Waals surface area contributed by atoms with Gasteiger partial charge in [-0.15, -0.1) is 0 Å². The number of carbonyl (C=O) groups is 4. The van der Waals surface area contributed by atoms with E-state index >= 15 is 0 Å². The fourth-order valence-corrected chi connectivity index (χ4v) is 3.38. The van der Waals surface area contributed by atoms with Gasteiger partial charge in [0.25, 0.3) is 0 Å². The molecule has 0 spiro atoms. The normalized spacial score (nSPS) is 13.0. The highest BCUT2D eigenvalue weighted by atomic mass is 16.4. The predicted octanol–water partition coefficient (Wildman–Crippen LogP) is -2.55. The second-order valence-corrected chi connectivity index (χ2v) is 8.44. The summed E-state index contributed by atoms with van der Waals surface area (Å²) in [7, 11) is 0. The molecule has 1 heterocycles. The molecule has 1 aromatic carbocycles. The summed E-state index contributed by atoms with van der Waals surface area (Å²) < 4.78 is 0. The number of benzene rings is 1. The standard InChI is InChI=1S/C23H33N9O6/c24-16(8-13-3-5-15(33)6-4-13)20(35)32-18(9-14-10-27-12-30-14)21(36)29-11-19(34)31-17(22(37)38)2-1-7-28-23(25)26/h3-6,10,12,16-18,33H,1-2,7-9,11,24H2,(H,27,30)(H,29,36)(H,31,34)(H,32,35)(H,37,38)(H4,25,26,28). The van der Waals surface area contributed by atoms with Crippen molar-refractivity contribution in [3.05, 3.63) is 48.0 Å². The van der Waals surface area contributed by atoms with Crippen molar-refractivity contribution in [2.24, 2.45) is 22.2 Å².